The number of para-hydroxylation sites is 1. The van der Waals surface area contributed by atoms with Gasteiger partial charge in [0.1, 0.15) is 12.1 Å². The second kappa shape index (κ2) is 23.3. The van der Waals surface area contributed by atoms with E-state index in [0.29, 0.717) is 36.4 Å². The average Bonchev–Trinajstić information content (AvgIpc) is 3.22. The van der Waals surface area contributed by atoms with Gasteiger partial charge >= 0.3 is 6.03 Å². The molecule has 1 heterocycles. The molecule has 0 radical (unpaired) electrons. The van der Waals surface area contributed by atoms with Crippen LogP contribution >= 0.6 is 0 Å². The van der Waals surface area contributed by atoms with Gasteiger partial charge in [-0.2, -0.15) is 0 Å². The molecule has 0 saturated heterocycles. The average molecular weight is 866 g/mol. The number of aliphatic hydroxyl groups is 1. The number of primary amides is 1. The van der Waals surface area contributed by atoms with Gasteiger partial charge in [-0.1, -0.05) is 95.8 Å². The molecule has 0 aromatic heterocycles. The minimum absolute atomic E-state index is 0.0160. The van der Waals surface area contributed by atoms with Gasteiger partial charge in [0.05, 0.1) is 32.1 Å². The fourth-order valence-electron chi connectivity index (χ4n) is 6.86. The van der Waals surface area contributed by atoms with Crippen LogP contribution in [0.5, 0.6) is 0 Å². The third-order valence-corrected chi connectivity index (χ3v) is 10.4. The Kier molecular flexibility index (Phi) is 18.3. The number of carbonyl (C=O) groups is 6. The van der Waals surface area contributed by atoms with Gasteiger partial charge in [0.15, 0.2) is 0 Å². The highest BCUT2D eigenvalue weighted by Gasteiger charge is 2.32. The van der Waals surface area contributed by atoms with Gasteiger partial charge in [0.2, 0.25) is 29.5 Å². The van der Waals surface area contributed by atoms with Gasteiger partial charge < -0.3 is 47.1 Å². The maximum absolute atomic E-state index is 13.6. The van der Waals surface area contributed by atoms with Crippen molar-refractivity contribution in [1.82, 2.24) is 21.3 Å². The van der Waals surface area contributed by atoms with E-state index in [2.05, 4.69) is 38.4 Å². The molecule has 1 aliphatic heterocycles. The number of ether oxygens (including phenoxy) is 1. The fraction of sp³-hybridized carbons (Fsp3) is 0.458. The van der Waals surface area contributed by atoms with Crippen LogP contribution in [0.3, 0.4) is 0 Å². The Hall–Kier alpha value is -6.24. The molecule has 338 valence electrons. The number of rotatable bonds is 22. The van der Waals surface area contributed by atoms with Crippen LogP contribution in [-0.4, -0.2) is 79.1 Å². The zero-order valence-corrected chi connectivity index (χ0v) is 37.3. The molecule has 0 saturated carbocycles. The molecule has 0 spiro atoms. The Labute approximate surface area is 370 Å². The lowest BCUT2D eigenvalue weighted by Crippen LogP contribution is -2.55. The summed E-state index contributed by atoms with van der Waals surface area (Å²) in [4.78, 5) is 79.8. The number of aliphatic hydroxyl groups excluding tert-OH is 1. The third kappa shape index (κ3) is 16.2. The van der Waals surface area contributed by atoms with Crippen molar-refractivity contribution in [1.29, 1.82) is 0 Å². The first-order chi connectivity index (χ1) is 29.9. The molecule has 3 aromatic rings. The van der Waals surface area contributed by atoms with Crippen LogP contribution in [0, 0.1) is 28.6 Å². The summed E-state index contributed by atoms with van der Waals surface area (Å²) in [5, 5.41) is 23.2. The lowest BCUT2D eigenvalue weighted by molar-refractivity contribution is -0.133. The zero-order valence-electron chi connectivity index (χ0n) is 37.3. The van der Waals surface area contributed by atoms with Gasteiger partial charge in [-0.25, -0.2) is 4.79 Å². The standard InChI is InChI=1S/C48H63N7O8/c1-32(2)43(45(61)53-38(15-11-25-50-46(49)62)44(60)52-37-21-17-33(28-56)18-22-37)54-41(58)26-47(3,4)30-63-31-48(5,6)29-51-40(57)23-24-42(59)55-27-36-14-8-7-12-34(36)19-20-35-13-9-10-16-39(35)55/h7-10,12-14,16-18,21-22,32,38,43,56H,11,15,23-31H2,1-6H3,(H,51,57)(H,52,60)(H,53,61)(H,54,58)(H3,49,50,62)/t38-,43-/m0/s1. The topological polar surface area (TPSA) is 221 Å². The van der Waals surface area contributed by atoms with Crippen molar-refractivity contribution < 1.29 is 38.6 Å². The second-order valence-corrected chi connectivity index (χ2v) is 17.8. The van der Waals surface area contributed by atoms with Crippen LogP contribution in [0.25, 0.3) is 0 Å². The minimum atomic E-state index is -0.996. The number of carbonyl (C=O) groups excluding carboxylic acids is 6. The predicted octanol–water partition coefficient (Wildman–Crippen LogP) is 4.49. The number of anilines is 2. The Morgan fingerprint density at radius 3 is 2.13 bits per heavy atom. The first-order valence-electron chi connectivity index (χ1n) is 21.3. The van der Waals surface area contributed by atoms with Gasteiger partial charge in [-0.05, 0) is 65.6 Å². The fourth-order valence-corrected chi connectivity index (χ4v) is 6.86. The number of fused-ring (bicyclic) bond motifs is 2. The molecule has 15 nitrogen and oxygen atoms in total. The summed E-state index contributed by atoms with van der Waals surface area (Å²) < 4.78 is 6.09. The van der Waals surface area contributed by atoms with E-state index in [1.807, 2.05) is 76.2 Å². The van der Waals surface area contributed by atoms with Crippen LogP contribution in [-0.2, 0) is 41.9 Å². The van der Waals surface area contributed by atoms with Crippen molar-refractivity contribution in [3.8, 4) is 11.8 Å². The number of nitrogens with one attached hydrogen (secondary N) is 5. The minimum Gasteiger partial charge on any atom is -0.392 e. The monoisotopic (exact) mass is 865 g/mol. The number of amides is 7. The van der Waals surface area contributed by atoms with Gasteiger partial charge in [-0.3, -0.25) is 24.0 Å². The Bertz CT molecular complexity index is 2140. The SMILES string of the molecule is CC(C)[C@H](NC(=O)CC(C)(C)COCC(C)(C)CNC(=O)CCC(=O)N1Cc2ccccc2C#Cc2ccccc21)C(=O)N[C@@H](CCCNC(N)=O)C(=O)Nc1ccc(CO)cc1. The summed E-state index contributed by atoms with van der Waals surface area (Å²) in [6.07, 6.45) is 0.595. The first-order valence-corrected chi connectivity index (χ1v) is 21.3. The predicted molar refractivity (Wildman–Crippen MR) is 242 cm³/mol. The number of nitrogens with zero attached hydrogens (tertiary/aromatic N) is 1. The van der Waals surface area contributed by atoms with E-state index in [1.54, 1.807) is 43.0 Å². The summed E-state index contributed by atoms with van der Waals surface area (Å²) in [6, 6.07) is 19.2. The lowest BCUT2D eigenvalue weighted by Gasteiger charge is -2.30. The molecule has 15 heteroatoms. The molecule has 0 bridgehead atoms. The lowest BCUT2D eigenvalue weighted by atomic mass is 9.89. The summed E-state index contributed by atoms with van der Waals surface area (Å²) in [6.45, 7) is 12.4. The summed E-state index contributed by atoms with van der Waals surface area (Å²) in [5.41, 5.74) is 8.48. The summed E-state index contributed by atoms with van der Waals surface area (Å²) in [5.74, 6) is 4.25. The zero-order chi connectivity index (χ0) is 46.2. The number of benzene rings is 3. The number of nitrogens with two attached hydrogens (primary N) is 1. The maximum atomic E-state index is 13.6. The van der Waals surface area contributed by atoms with E-state index in [-0.39, 0.29) is 75.7 Å². The van der Waals surface area contributed by atoms with Crippen LogP contribution in [0.4, 0.5) is 16.2 Å². The van der Waals surface area contributed by atoms with Gasteiger partial charge in [0.25, 0.3) is 0 Å². The third-order valence-electron chi connectivity index (χ3n) is 10.4. The molecule has 1 aliphatic rings. The molecule has 0 fully saturated rings. The molecular formula is C48H63N7O8. The second-order valence-electron chi connectivity index (χ2n) is 17.8. The van der Waals surface area contributed by atoms with Crippen molar-refractivity contribution in [3.05, 3.63) is 95.1 Å². The Morgan fingerprint density at radius 2 is 1.44 bits per heavy atom. The van der Waals surface area contributed by atoms with E-state index in [9.17, 15) is 33.9 Å². The quantitative estimate of drug-likeness (QED) is 0.0562. The molecular weight excluding hydrogens is 803 g/mol. The van der Waals surface area contributed by atoms with E-state index < -0.39 is 40.8 Å². The molecule has 8 N–H and O–H groups in total. The van der Waals surface area contributed by atoms with Crippen molar-refractivity contribution >= 4 is 46.9 Å². The van der Waals surface area contributed by atoms with Gasteiger partial charge in [-0.15, -0.1) is 0 Å². The normalized spacial score (nSPS) is 13.1. The van der Waals surface area contributed by atoms with Crippen LogP contribution < -0.4 is 37.2 Å². The maximum Gasteiger partial charge on any atom is 0.312 e. The highest BCUT2D eigenvalue weighted by Crippen LogP contribution is 2.27. The highest BCUT2D eigenvalue weighted by molar-refractivity contribution is 5.99. The van der Waals surface area contributed by atoms with Gasteiger partial charge in [0, 0.05) is 54.6 Å². The molecule has 63 heavy (non-hydrogen) atoms. The van der Waals surface area contributed by atoms with E-state index in [0.717, 1.165) is 16.7 Å². The molecule has 0 aliphatic carbocycles. The highest BCUT2D eigenvalue weighted by atomic mass is 16.5. The molecule has 0 unspecified atom stereocenters. The van der Waals surface area contributed by atoms with Crippen LogP contribution in [0.2, 0.25) is 0 Å². The van der Waals surface area contributed by atoms with Crippen molar-refractivity contribution in [3.63, 3.8) is 0 Å². The molecule has 3 aromatic carbocycles. The largest absolute Gasteiger partial charge is 0.392 e. The van der Waals surface area contributed by atoms with Crippen LogP contribution in [0.1, 0.15) is 95.9 Å². The number of hydrogen-bond acceptors (Lipinski definition) is 8. The van der Waals surface area contributed by atoms with E-state index in [4.69, 9.17) is 10.5 Å². The summed E-state index contributed by atoms with van der Waals surface area (Å²) in [7, 11) is 0. The molecule has 4 rings (SSSR count). The number of urea groups is 1. The summed E-state index contributed by atoms with van der Waals surface area (Å²) >= 11 is 0. The smallest absolute Gasteiger partial charge is 0.312 e. The Balaban J connectivity index is 1.24. The van der Waals surface area contributed by atoms with E-state index >= 15 is 0 Å². The van der Waals surface area contributed by atoms with E-state index in [1.165, 1.54) is 0 Å². The first kappa shape index (κ1) is 49.4. The Morgan fingerprint density at radius 1 is 0.794 bits per heavy atom. The van der Waals surface area contributed by atoms with Crippen molar-refractivity contribution in [2.45, 2.75) is 98.9 Å². The van der Waals surface area contributed by atoms with Crippen molar-refractivity contribution in [2.75, 3.05) is 36.5 Å². The van der Waals surface area contributed by atoms with Crippen LogP contribution in [0.15, 0.2) is 72.8 Å². The molecule has 2 atom stereocenters. The van der Waals surface area contributed by atoms with Crippen molar-refractivity contribution in [2.24, 2.45) is 22.5 Å². The number of hydrogen-bond donors (Lipinski definition) is 7. The molecule has 7 amide bonds.